The molecule has 0 spiro atoms. The zero-order valence-corrected chi connectivity index (χ0v) is 13.5. The van der Waals surface area contributed by atoms with Gasteiger partial charge in [0.05, 0.1) is 5.70 Å². The Labute approximate surface area is 124 Å². The lowest BCUT2D eigenvalue weighted by molar-refractivity contribution is -0.115. The maximum atomic E-state index is 11.9. The normalized spacial score (nSPS) is 23.8. The fourth-order valence-corrected chi connectivity index (χ4v) is 2.93. The number of carbonyl (C=O) groups excluding carboxylic acids is 1. The molecule has 1 atom stereocenters. The van der Waals surface area contributed by atoms with E-state index < -0.39 is 0 Å². The minimum absolute atomic E-state index is 0.157. The summed E-state index contributed by atoms with van der Waals surface area (Å²) in [6.45, 7) is 13.6. The van der Waals surface area contributed by atoms with Gasteiger partial charge in [0.25, 0.3) is 0 Å². The molecule has 0 radical (unpaired) electrons. The maximum absolute atomic E-state index is 11.9. The van der Waals surface area contributed by atoms with Crippen LogP contribution in [0, 0.1) is 5.92 Å². The molecule has 2 fully saturated rings. The molecular weight excluding hydrogens is 248 g/mol. The first-order chi connectivity index (χ1) is 9.65. The van der Waals surface area contributed by atoms with Crippen molar-refractivity contribution in [3.8, 4) is 0 Å². The standard InChI is InChI=1S/C15H24N2O.C2H6/c1-4-6-14(12(3)18)17-11(2)9-16-10-15(17)13-7-5-8-13;1-2/h6,13,15-16H,2,4-5,7-10H2,1,3H3;1-2H3/b14-6-;. The van der Waals surface area contributed by atoms with Gasteiger partial charge in [-0.1, -0.05) is 39.8 Å². The van der Waals surface area contributed by atoms with Crippen molar-refractivity contribution in [2.45, 2.75) is 59.4 Å². The predicted octanol–water partition coefficient (Wildman–Crippen LogP) is 3.48. The van der Waals surface area contributed by atoms with Crippen LogP contribution in [0.15, 0.2) is 24.0 Å². The molecule has 0 aromatic carbocycles. The molecule has 2 rings (SSSR count). The lowest BCUT2D eigenvalue weighted by Crippen LogP contribution is -2.54. The fourth-order valence-electron chi connectivity index (χ4n) is 2.93. The lowest BCUT2D eigenvalue weighted by atomic mass is 9.78. The number of ketones is 1. The highest BCUT2D eigenvalue weighted by Gasteiger charge is 2.36. The SMILES string of the molecule is C=C1CNCC(C2CCC2)N1/C(=C\CC)C(C)=O.CC. The first-order valence-corrected chi connectivity index (χ1v) is 8.04. The summed E-state index contributed by atoms with van der Waals surface area (Å²) < 4.78 is 0. The van der Waals surface area contributed by atoms with Crippen molar-refractivity contribution in [2.75, 3.05) is 13.1 Å². The Hall–Kier alpha value is -1.09. The fraction of sp³-hybridized carbons (Fsp3) is 0.706. The first-order valence-electron chi connectivity index (χ1n) is 8.04. The van der Waals surface area contributed by atoms with E-state index >= 15 is 0 Å². The minimum atomic E-state index is 0.157. The summed E-state index contributed by atoms with van der Waals surface area (Å²) in [7, 11) is 0. The van der Waals surface area contributed by atoms with E-state index in [1.165, 1.54) is 19.3 Å². The van der Waals surface area contributed by atoms with Crippen molar-refractivity contribution in [3.63, 3.8) is 0 Å². The van der Waals surface area contributed by atoms with Gasteiger partial charge < -0.3 is 10.2 Å². The van der Waals surface area contributed by atoms with Crippen molar-refractivity contribution < 1.29 is 4.79 Å². The molecule has 0 aromatic heterocycles. The van der Waals surface area contributed by atoms with Crippen LogP contribution >= 0.6 is 0 Å². The average Bonchev–Trinajstić information content (AvgIpc) is 2.37. The molecule has 3 heteroatoms. The Morgan fingerprint density at radius 2 is 2.10 bits per heavy atom. The summed E-state index contributed by atoms with van der Waals surface area (Å²) >= 11 is 0. The average molecular weight is 278 g/mol. The Kier molecular flexibility index (Phi) is 7.00. The first kappa shape index (κ1) is 17.0. The van der Waals surface area contributed by atoms with Gasteiger partial charge in [0.2, 0.25) is 0 Å². The molecule has 0 bridgehead atoms. The van der Waals surface area contributed by atoms with Crippen molar-refractivity contribution in [3.05, 3.63) is 24.0 Å². The molecule has 20 heavy (non-hydrogen) atoms. The molecule has 1 saturated heterocycles. The predicted molar refractivity (Wildman–Crippen MR) is 85.4 cm³/mol. The van der Waals surface area contributed by atoms with Crippen molar-refractivity contribution in [1.82, 2.24) is 10.2 Å². The zero-order valence-electron chi connectivity index (χ0n) is 13.5. The largest absolute Gasteiger partial charge is 0.337 e. The van der Waals surface area contributed by atoms with Crippen LogP contribution in [0.4, 0.5) is 0 Å². The van der Waals surface area contributed by atoms with E-state index in [0.717, 1.165) is 30.9 Å². The van der Waals surface area contributed by atoms with Crippen LogP contribution in [0.25, 0.3) is 0 Å². The number of piperazine rings is 1. The molecule has 1 unspecified atom stereocenters. The molecule has 1 saturated carbocycles. The van der Waals surface area contributed by atoms with Crippen LogP contribution in [-0.4, -0.2) is 29.8 Å². The summed E-state index contributed by atoms with van der Waals surface area (Å²) in [5.41, 5.74) is 1.88. The van der Waals surface area contributed by atoms with E-state index in [1.807, 2.05) is 19.9 Å². The summed E-state index contributed by atoms with van der Waals surface area (Å²) in [6.07, 6.45) is 6.84. The summed E-state index contributed by atoms with van der Waals surface area (Å²) in [5, 5.41) is 3.42. The van der Waals surface area contributed by atoms with Crippen molar-refractivity contribution >= 4 is 5.78 Å². The van der Waals surface area contributed by atoms with Gasteiger partial charge in [-0.2, -0.15) is 0 Å². The second-order valence-corrected chi connectivity index (χ2v) is 5.38. The number of nitrogens with one attached hydrogen (secondary N) is 1. The molecule has 1 N–H and O–H groups in total. The molecule has 2 aliphatic rings. The molecule has 114 valence electrons. The second-order valence-electron chi connectivity index (χ2n) is 5.38. The lowest BCUT2D eigenvalue weighted by Gasteiger charge is -2.46. The van der Waals surface area contributed by atoms with Gasteiger partial charge in [-0.3, -0.25) is 4.79 Å². The number of hydrogen-bond acceptors (Lipinski definition) is 3. The van der Waals surface area contributed by atoms with E-state index in [1.54, 1.807) is 6.92 Å². The second kappa shape index (κ2) is 8.25. The van der Waals surface area contributed by atoms with Crippen LogP contribution in [-0.2, 0) is 4.79 Å². The number of allylic oxidation sites excluding steroid dienone is 2. The third-order valence-electron chi connectivity index (χ3n) is 4.07. The van der Waals surface area contributed by atoms with E-state index in [9.17, 15) is 4.79 Å². The van der Waals surface area contributed by atoms with Crippen LogP contribution in [0.3, 0.4) is 0 Å². The van der Waals surface area contributed by atoms with Gasteiger partial charge in [-0.15, -0.1) is 0 Å². The van der Waals surface area contributed by atoms with Crippen LogP contribution in [0.5, 0.6) is 0 Å². The third kappa shape index (κ3) is 3.72. The summed E-state index contributed by atoms with van der Waals surface area (Å²) in [6, 6.07) is 0.418. The maximum Gasteiger partial charge on any atom is 0.175 e. The molecule has 3 nitrogen and oxygen atoms in total. The highest BCUT2D eigenvalue weighted by Crippen LogP contribution is 2.36. The molecule has 1 aliphatic carbocycles. The molecule has 1 aliphatic heterocycles. The van der Waals surface area contributed by atoms with E-state index in [2.05, 4.69) is 23.7 Å². The molecule has 0 amide bonds. The number of carbonyl (C=O) groups is 1. The smallest absolute Gasteiger partial charge is 0.175 e. The Morgan fingerprint density at radius 1 is 1.45 bits per heavy atom. The van der Waals surface area contributed by atoms with Gasteiger partial charge >= 0.3 is 0 Å². The van der Waals surface area contributed by atoms with E-state index in [0.29, 0.717) is 12.0 Å². The zero-order chi connectivity index (χ0) is 15.1. The number of nitrogens with zero attached hydrogens (tertiary/aromatic N) is 1. The Morgan fingerprint density at radius 3 is 2.55 bits per heavy atom. The van der Waals surface area contributed by atoms with Crippen molar-refractivity contribution in [2.24, 2.45) is 5.92 Å². The number of Topliss-reactive ketones (excluding diaryl/α,β-unsaturated/α-hetero) is 1. The van der Waals surface area contributed by atoms with Gasteiger partial charge in [0, 0.05) is 31.8 Å². The topological polar surface area (TPSA) is 32.3 Å². The Bertz CT molecular complexity index is 369. The van der Waals surface area contributed by atoms with Gasteiger partial charge in [-0.05, 0) is 25.2 Å². The molecule has 0 aromatic rings. The summed E-state index contributed by atoms with van der Waals surface area (Å²) in [5.74, 6) is 0.873. The van der Waals surface area contributed by atoms with E-state index in [4.69, 9.17) is 0 Å². The van der Waals surface area contributed by atoms with Gasteiger partial charge in [-0.25, -0.2) is 0 Å². The minimum Gasteiger partial charge on any atom is -0.337 e. The number of rotatable bonds is 4. The van der Waals surface area contributed by atoms with Crippen LogP contribution in [0.2, 0.25) is 0 Å². The highest BCUT2D eigenvalue weighted by atomic mass is 16.1. The van der Waals surface area contributed by atoms with Gasteiger partial charge in [0.1, 0.15) is 0 Å². The monoisotopic (exact) mass is 278 g/mol. The quantitative estimate of drug-likeness (QED) is 0.799. The third-order valence-corrected chi connectivity index (χ3v) is 4.07. The number of hydrogen-bond donors (Lipinski definition) is 1. The van der Waals surface area contributed by atoms with E-state index in [-0.39, 0.29) is 5.78 Å². The molecule has 1 heterocycles. The summed E-state index contributed by atoms with van der Waals surface area (Å²) in [4.78, 5) is 14.1. The Balaban J connectivity index is 0.000000956. The van der Waals surface area contributed by atoms with Gasteiger partial charge in [0.15, 0.2) is 5.78 Å². The van der Waals surface area contributed by atoms with Crippen LogP contribution in [0.1, 0.15) is 53.4 Å². The highest BCUT2D eigenvalue weighted by molar-refractivity contribution is 5.93. The van der Waals surface area contributed by atoms with Crippen molar-refractivity contribution in [1.29, 1.82) is 0 Å². The van der Waals surface area contributed by atoms with Crippen LogP contribution < -0.4 is 5.32 Å². The molecular formula is C17H30N2O.